The first kappa shape index (κ1) is 27.2. The van der Waals surface area contributed by atoms with Crippen molar-refractivity contribution in [3.63, 3.8) is 0 Å². The summed E-state index contributed by atoms with van der Waals surface area (Å²) >= 11 is 0. The molecule has 2 N–H and O–H groups in total. The van der Waals surface area contributed by atoms with E-state index in [1.165, 1.54) is 24.8 Å². The molecule has 3 aromatic rings. The van der Waals surface area contributed by atoms with E-state index in [1.807, 2.05) is 24.3 Å². The number of methoxy groups -OCH3 is 1. The van der Waals surface area contributed by atoms with E-state index in [0.717, 1.165) is 16.5 Å². The van der Waals surface area contributed by atoms with Gasteiger partial charge in [0.2, 0.25) is 0 Å². The number of rotatable bonds is 10. The van der Waals surface area contributed by atoms with Crippen molar-refractivity contribution in [2.45, 2.75) is 44.2 Å². The molecule has 0 bridgehead atoms. The number of carbonyl (C=O) groups excluding carboxylic acids is 1. The molecule has 1 saturated heterocycles. The predicted octanol–water partition coefficient (Wildman–Crippen LogP) is 1.88. The second-order valence-corrected chi connectivity index (χ2v) is 9.29. The Labute approximate surface area is 215 Å². The normalized spacial score (nSPS) is 20.3. The van der Waals surface area contributed by atoms with Crippen molar-refractivity contribution in [3.05, 3.63) is 79.1 Å². The highest BCUT2D eigenvalue weighted by Crippen LogP contribution is 2.31. The van der Waals surface area contributed by atoms with Crippen LogP contribution in [0.2, 0.25) is 0 Å². The van der Waals surface area contributed by atoms with Crippen LogP contribution in [0.3, 0.4) is 0 Å². The molecule has 1 aliphatic rings. The number of aromatic nitrogens is 3. The topological polar surface area (TPSA) is 209 Å². The van der Waals surface area contributed by atoms with Gasteiger partial charge in [-0.25, -0.2) is 9.59 Å². The van der Waals surface area contributed by atoms with Crippen molar-refractivity contribution in [3.8, 4) is 0 Å². The monoisotopic (exact) mass is 545 g/mol. The zero-order valence-electron chi connectivity index (χ0n) is 20.3. The second-order valence-electron chi connectivity index (χ2n) is 8.43. The summed E-state index contributed by atoms with van der Waals surface area (Å²) in [6.45, 7) is 1.21. The molecule has 0 spiro atoms. The number of esters is 1. The summed E-state index contributed by atoms with van der Waals surface area (Å²) in [6, 6.07) is 5.63. The second kappa shape index (κ2) is 12.1. The third-order valence-corrected chi connectivity index (χ3v) is 6.70. The number of carbonyl (C=O) groups is 1. The number of aromatic amines is 2. The summed E-state index contributed by atoms with van der Waals surface area (Å²) in [5.41, 5.74) is 9.64. The van der Waals surface area contributed by atoms with E-state index in [-0.39, 0.29) is 19.4 Å². The largest absolute Gasteiger partial charge is 0.581 e. The van der Waals surface area contributed by atoms with Crippen molar-refractivity contribution < 1.29 is 28.7 Å². The predicted molar refractivity (Wildman–Crippen MR) is 132 cm³/mol. The number of aryl methyl sites for hydroxylation is 1. The van der Waals surface area contributed by atoms with Crippen LogP contribution in [0.1, 0.15) is 23.8 Å². The van der Waals surface area contributed by atoms with Gasteiger partial charge in [0.05, 0.1) is 19.3 Å². The first-order valence-corrected chi connectivity index (χ1v) is 12.6. The van der Waals surface area contributed by atoms with E-state index in [1.54, 1.807) is 6.20 Å². The molecule has 16 heteroatoms. The molecule has 5 atom stereocenters. The zero-order valence-corrected chi connectivity index (χ0v) is 21.2. The summed E-state index contributed by atoms with van der Waals surface area (Å²) in [7, 11) is -1.61. The van der Waals surface area contributed by atoms with Crippen LogP contribution >= 0.6 is 8.17 Å². The molecule has 4 unspecified atom stereocenters. The molecule has 2 aromatic heterocycles. The maximum Gasteiger partial charge on any atom is 0.382 e. The van der Waals surface area contributed by atoms with Gasteiger partial charge in [0.1, 0.15) is 12.8 Å². The van der Waals surface area contributed by atoms with Crippen molar-refractivity contribution >= 4 is 25.0 Å². The van der Waals surface area contributed by atoms with Crippen LogP contribution < -0.4 is 16.1 Å². The molecule has 1 aliphatic heterocycles. The third kappa shape index (κ3) is 6.17. The minimum atomic E-state index is -2.81. The van der Waals surface area contributed by atoms with E-state index >= 15 is 0 Å². The number of hydrogen-bond acceptors (Lipinski definition) is 10. The van der Waals surface area contributed by atoms with Crippen LogP contribution in [-0.2, 0) is 30.3 Å². The zero-order chi connectivity index (χ0) is 27.2. The maximum absolute atomic E-state index is 12.5. The van der Waals surface area contributed by atoms with Gasteiger partial charge in [0, 0.05) is 51.3 Å². The Bertz CT molecular complexity index is 1510. The Morgan fingerprint density at radius 3 is 2.95 bits per heavy atom. The Balaban J connectivity index is 1.41. The smallest absolute Gasteiger partial charge is 0.382 e. The third-order valence-electron chi connectivity index (χ3n) is 6.00. The molecule has 0 radical (unpaired) electrons. The van der Waals surface area contributed by atoms with Crippen LogP contribution in [0.4, 0.5) is 0 Å². The van der Waals surface area contributed by atoms with Crippen molar-refractivity contribution in [1.29, 1.82) is 0 Å². The lowest BCUT2D eigenvalue weighted by Crippen LogP contribution is -2.33. The fraction of sp³-hybridized carbons (Fsp3) is 0.409. The lowest BCUT2D eigenvalue weighted by atomic mass is 10.1. The van der Waals surface area contributed by atoms with Gasteiger partial charge in [-0.05, 0) is 24.1 Å². The summed E-state index contributed by atoms with van der Waals surface area (Å²) in [5.74, 6) is -0.700. The Hall–Kier alpha value is -3.84. The van der Waals surface area contributed by atoms with E-state index in [4.69, 9.17) is 24.6 Å². The summed E-state index contributed by atoms with van der Waals surface area (Å²) < 4.78 is 20.5. The molecular weight excluding hydrogens is 521 g/mol. The van der Waals surface area contributed by atoms with Crippen molar-refractivity contribution in [1.82, 2.24) is 14.5 Å². The number of ether oxygens (including phenoxy) is 2. The Morgan fingerprint density at radius 2 is 2.18 bits per heavy atom. The Morgan fingerprint density at radius 1 is 1.39 bits per heavy atom. The van der Waals surface area contributed by atoms with Crippen LogP contribution in [-0.4, -0.2) is 52.4 Å². The number of hydrogen-bond donors (Lipinski definition) is 2. The van der Waals surface area contributed by atoms with E-state index in [9.17, 15) is 19.3 Å². The highest BCUT2D eigenvalue weighted by atomic mass is 31.1. The minimum Gasteiger partial charge on any atom is -0.581 e. The first-order chi connectivity index (χ1) is 18.3. The quantitative estimate of drug-likeness (QED) is 0.0729. The molecule has 200 valence electrons. The van der Waals surface area contributed by atoms with Gasteiger partial charge < -0.3 is 19.4 Å². The minimum absolute atomic E-state index is 0.112. The van der Waals surface area contributed by atoms with Gasteiger partial charge in [-0.15, -0.1) is 0 Å². The lowest BCUT2D eigenvalue weighted by Gasteiger charge is -2.15. The molecule has 0 amide bonds. The van der Waals surface area contributed by atoms with Crippen molar-refractivity contribution in [2.75, 3.05) is 13.7 Å². The molecule has 0 aliphatic carbocycles. The van der Waals surface area contributed by atoms with Crippen molar-refractivity contribution in [2.24, 2.45) is 9.86 Å². The number of benzene rings is 1. The molecule has 3 heterocycles. The summed E-state index contributed by atoms with van der Waals surface area (Å²) in [5, 5.41) is 4.56. The van der Waals surface area contributed by atoms with Gasteiger partial charge >= 0.3 is 19.8 Å². The number of H-pyrrole nitrogens is 2. The van der Waals surface area contributed by atoms with E-state index < -0.39 is 49.8 Å². The molecule has 1 aromatic carbocycles. The number of para-hydroxylation sites is 1. The van der Waals surface area contributed by atoms with Crippen LogP contribution in [0, 0.1) is 6.92 Å². The van der Waals surface area contributed by atoms with Gasteiger partial charge in [-0.2, -0.15) is 4.89 Å². The van der Waals surface area contributed by atoms with E-state index in [2.05, 4.69) is 24.7 Å². The number of azide groups is 1. The molecule has 4 rings (SSSR count). The number of nitrogens with one attached hydrogen (secondary N) is 2. The molecule has 0 saturated carbocycles. The average molecular weight is 545 g/mol. The lowest BCUT2D eigenvalue weighted by molar-refractivity contribution is -0.275. The van der Waals surface area contributed by atoms with Crippen LogP contribution in [0.15, 0.2) is 56.1 Å². The summed E-state index contributed by atoms with van der Waals surface area (Å²) in [4.78, 5) is 61.7. The summed E-state index contributed by atoms with van der Waals surface area (Å²) in [6.07, 6.45) is 1.60. The first-order valence-electron chi connectivity index (χ1n) is 11.4. The maximum atomic E-state index is 12.5. The standard InChI is InChI=1S/C22H24N7O8P/c1-12-10-29(22(32)25-20(12)30)19-8-16(26-28-23)18(36-19)11-35-37-38(33)27-17(21(31)34-2)7-13-9-24-15-6-4-3-5-14(13)15/h3-6,9-10,16-19,24H,7-8,11H2,1-2H3,(H,25,30,32)/t16?,17-,18?,19?/m0/s1. The molecular formula is C22H24N7O8P. The number of nitrogens with zero attached hydrogens (tertiary/aromatic N) is 5. The molecule has 38 heavy (non-hydrogen) atoms. The van der Waals surface area contributed by atoms with Gasteiger partial charge in [0.25, 0.3) is 5.56 Å². The average Bonchev–Trinajstić information content (AvgIpc) is 3.49. The van der Waals surface area contributed by atoms with Gasteiger partial charge in [0.15, 0.2) is 6.04 Å². The highest BCUT2D eigenvalue weighted by molar-refractivity contribution is 7.33. The van der Waals surface area contributed by atoms with Crippen LogP contribution in [0.5, 0.6) is 0 Å². The molecule has 15 nitrogen and oxygen atoms in total. The highest BCUT2D eigenvalue weighted by Gasteiger charge is 2.37. The molecule has 1 fully saturated rings. The van der Waals surface area contributed by atoms with Gasteiger partial charge in [-0.1, -0.05) is 28.1 Å². The number of fused-ring (bicyclic) bond motifs is 1. The fourth-order valence-corrected chi connectivity index (χ4v) is 4.71. The SMILES string of the molecule is COC(=O)[C@H](Cc1c[nH]c2ccccc12)N=[P+]([O-])OOCC1OC(n2cc(C)c(=O)[nH]c2=O)CC1N=[N+]=[N-]. The van der Waals surface area contributed by atoms with E-state index in [0.29, 0.717) is 5.56 Å². The fourth-order valence-electron chi connectivity index (χ4n) is 4.12. The van der Waals surface area contributed by atoms with Gasteiger partial charge in [-0.3, -0.25) is 14.3 Å². The van der Waals surface area contributed by atoms with Crippen LogP contribution in [0.25, 0.3) is 21.3 Å². The Kier molecular flexibility index (Phi) is 8.69.